The molecule has 222 valence electrons. The van der Waals surface area contributed by atoms with Gasteiger partial charge in [-0.05, 0) is 43.5 Å². The van der Waals surface area contributed by atoms with E-state index in [0.717, 1.165) is 18.4 Å². The van der Waals surface area contributed by atoms with Crippen LogP contribution < -0.4 is 19.9 Å². The topological polar surface area (TPSA) is 138 Å². The van der Waals surface area contributed by atoms with Crippen LogP contribution in [0.25, 0.3) is 0 Å². The van der Waals surface area contributed by atoms with Gasteiger partial charge in [0.05, 0.1) is 19.6 Å². The van der Waals surface area contributed by atoms with E-state index in [1.54, 1.807) is 16.8 Å². The molecule has 40 heavy (non-hydrogen) atoms. The van der Waals surface area contributed by atoms with Gasteiger partial charge >= 0.3 is 12.0 Å². The minimum Gasteiger partial charge on any atom is -0.493 e. The number of nitrogens with zero attached hydrogens (tertiary/aromatic N) is 4. The Bertz CT molecular complexity index is 1060. The van der Waals surface area contributed by atoms with Gasteiger partial charge in [-0.1, -0.05) is 13.3 Å². The summed E-state index contributed by atoms with van der Waals surface area (Å²) in [4.78, 5) is 46.2. The van der Waals surface area contributed by atoms with Crippen LogP contribution in [-0.4, -0.2) is 122 Å². The lowest BCUT2D eigenvalue weighted by atomic mass is 9.84. The van der Waals surface area contributed by atoms with Crippen LogP contribution in [-0.2, 0) is 9.59 Å². The summed E-state index contributed by atoms with van der Waals surface area (Å²) < 4.78 is 16.7. The van der Waals surface area contributed by atoms with Crippen molar-refractivity contribution in [3.8, 4) is 17.2 Å². The number of ether oxygens (including phenoxy) is 3. The van der Waals surface area contributed by atoms with Crippen LogP contribution in [0.15, 0.2) is 12.1 Å². The average Bonchev–Trinajstić information content (AvgIpc) is 3.64. The standard InChI is InChI=1S/C28H43N5O7/c1-4-5-9-31(10-6-8-29)24(34)17-33-16-20(19-14-22(38-3)26-23(15-19)39-18-40-26)25(27(35)36)21(33)7-11-32-13-12-30(2)28(32)37/h14-15,20-21,25H,4-13,16-18,29H2,1-3H3,(H,35,36). The van der Waals surface area contributed by atoms with Gasteiger partial charge in [-0.2, -0.15) is 0 Å². The first-order chi connectivity index (χ1) is 19.3. The molecule has 3 aliphatic rings. The Balaban J connectivity index is 1.62. The van der Waals surface area contributed by atoms with Gasteiger partial charge in [0.2, 0.25) is 18.4 Å². The Labute approximate surface area is 235 Å². The molecule has 2 fully saturated rings. The second kappa shape index (κ2) is 13.4. The van der Waals surface area contributed by atoms with Crippen molar-refractivity contribution >= 4 is 17.9 Å². The van der Waals surface area contributed by atoms with E-state index in [1.165, 1.54) is 7.11 Å². The first-order valence-corrected chi connectivity index (χ1v) is 14.2. The Kier molecular flexibility index (Phi) is 9.96. The van der Waals surface area contributed by atoms with Crippen LogP contribution in [0.1, 0.15) is 44.1 Å². The fourth-order valence-corrected chi connectivity index (χ4v) is 6.02. The third kappa shape index (κ3) is 6.38. The van der Waals surface area contributed by atoms with Crippen molar-refractivity contribution in [2.24, 2.45) is 11.7 Å². The van der Waals surface area contributed by atoms with E-state index in [0.29, 0.717) is 75.9 Å². The zero-order valence-electron chi connectivity index (χ0n) is 23.8. The number of carbonyl (C=O) groups excluding carboxylic acids is 2. The zero-order valence-corrected chi connectivity index (χ0v) is 23.8. The number of aliphatic carboxylic acids is 1. The summed E-state index contributed by atoms with van der Waals surface area (Å²) in [5, 5.41) is 10.5. The van der Waals surface area contributed by atoms with E-state index >= 15 is 0 Å². The lowest BCUT2D eigenvalue weighted by Crippen LogP contribution is -2.46. The number of fused-ring (bicyclic) bond motifs is 1. The SMILES string of the molecule is CCCCN(CCCN)C(=O)CN1CC(c2cc(OC)c3c(c2)OCO3)C(C(=O)O)C1CCN1CCN(C)C1=O. The maximum absolute atomic E-state index is 13.6. The fourth-order valence-electron chi connectivity index (χ4n) is 6.02. The third-order valence-electron chi connectivity index (χ3n) is 8.24. The van der Waals surface area contributed by atoms with Crippen molar-refractivity contribution in [3.05, 3.63) is 17.7 Å². The highest BCUT2D eigenvalue weighted by molar-refractivity contribution is 5.79. The molecule has 1 aromatic rings. The number of benzene rings is 1. The Morgan fingerprint density at radius 1 is 1.20 bits per heavy atom. The van der Waals surface area contributed by atoms with Gasteiger partial charge in [-0.3, -0.25) is 14.5 Å². The fraction of sp³-hybridized carbons (Fsp3) is 0.679. The molecule has 3 atom stereocenters. The monoisotopic (exact) mass is 561 g/mol. The third-order valence-corrected chi connectivity index (χ3v) is 8.24. The zero-order chi connectivity index (χ0) is 28.8. The molecule has 1 aromatic carbocycles. The predicted octanol–water partition coefficient (Wildman–Crippen LogP) is 1.63. The summed E-state index contributed by atoms with van der Waals surface area (Å²) in [6.45, 7) is 6.02. The Morgan fingerprint density at radius 3 is 2.62 bits per heavy atom. The van der Waals surface area contributed by atoms with Crippen molar-refractivity contribution in [1.29, 1.82) is 0 Å². The maximum atomic E-state index is 13.6. The lowest BCUT2D eigenvalue weighted by Gasteiger charge is -2.30. The molecule has 0 saturated carbocycles. The first-order valence-electron chi connectivity index (χ1n) is 14.2. The van der Waals surface area contributed by atoms with E-state index in [1.807, 2.05) is 21.9 Å². The van der Waals surface area contributed by atoms with Crippen molar-refractivity contribution in [1.82, 2.24) is 19.6 Å². The van der Waals surface area contributed by atoms with Crippen LogP contribution in [0, 0.1) is 5.92 Å². The summed E-state index contributed by atoms with van der Waals surface area (Å²) in [5.41, 5.74) is 6.49. The van der Waals surface area contributed by atoms with E-state index in [4.69, 9.17) is 19.9 Å². The molecule has 2 saturated heterocycles. The van der Waals surface area contributed by atoms with E-state index in [9.17, 15) is 19.5 Å². The summed E-state index contributed by atoms with van der Waals surface area (Å²) >= 11 is 0. The second-order valence-electron chi connectivity index (χ2n) is 10.8. The van der Waals surface area contributed by atoms with Gasteiger partial charge in [0.25, 0.3) is 0 Å². The molecular weight excluding hydrogens is 518 g/mol. The molecule has 0 spiro atoms. The number of hydrogen-bond donors (Lipinski definition) is 2. The number of nitrogens with two attached hydrogens (primary N) is 1. The minimum absolute atomic E-state index is 0.0306. The van der Waals surface area contributed by atoms with Gasteiger partial charge in [-0.15, -0.1) is 0 Å². The van der Waals surface area contributed by atoms with Crippen LogP contribution in [0.3, 0.4) is 0 Å². The van der Waals surface area contributed by atoms with Crippen LogP contribution in [0.4, 0.5) is 4.79 Å². The number of carboxylic acids is 1. The number of amides is 3. The summed E-state index contributed by atoms with van der Waals surface area (Å²) in [6, 6.07) is 3.13. The molecule has 12 heteroatoms. The van der Waals surface area contributed by atoms with E-state index < -0.39 is 23.8 Å². The highest BCUT2D eigenvalue weighted by Crippen LogP contribution is 2.47. The molecule has 0 aliphatic carbocycles. The number of likely N-dealkylation sites (N-methyl/N-ethyl adjacent to an activating group) is 1. The predicted molar refractivity (Wildman–Crippen MR) is 148 cm³/mol. The number of urea groups is 1. The molecule has 0 radical (unpaired) electrons. The molecule has 3 aliphatic heterocycles. The molecular formula is C28H43N5O7. The number of methoxy groups -OCH3 is 1. The molecule has 12 nitrogen and oxygen atoms in total. The molecule has 0 aromatic heterocycles. The van der Waals surface area contributed by atoms with Gasteiger partial charge in [0, 0.05) is 58.3 Å². The highest BCUT2D eigenvalue weighted by Gasteiger charge is 2.48. The van der Waals surface area contributed by atoms with Gasteiger partial charge in [0.1, 0.15) is 0 Å². The van der Waals surface area contributed by atoms with Crippen LogP contribution in [0.2, 0.25) is 0 Å². The largest absolute Gasteiger partial charge is 0.493 e. The Hall–Kier alpha value is -3.25. The smallest absolute Gasteiger partial charge is 0.319 e. The maximum Gasteiger partial charge on any atom is 0.319 e. The van der Waals surface area contributed by atoms with Gasteiger partial charge < -0.3 is 39.8 Å². The molecule has 3 N–H and O–H groups in total. The first kappa shape index (κ1) is 29.7. The number of likely N-dealkylation sites (tertiary alicyclic amines) is 1. The minimum atomic E-state index is -0.933. The van der Waals surface area contributed by atoms with Gasteiger partial charge in [0.15, 0.2) is 11.5 Å². The number of hydrogen-bond acceptors (Lipinski definition) is 8. The molecule has 4 rings (SSSR count). The number of carbonyl (C=O) groups is 3. The van der Waals surface area contributed by atoms with Crippen molar-refractivity contribution in [2.75, 3.05) is 73.3 Å². The summed E-state index contributed by atoms with van der Waals surface area (Å²) in [5.74, 6) is -0.663. The quantitative estimate of drug-likeness (QED) is 0.347. The summed E-state index contributed by atoms with van der Waals surface area (Å²) in [6.07, 6.45) is 3.01. The van der Waals surface area contributed by atoms with Crippen molar-refractivity contribution in [2.45, 2.75) is 44.6 Å². The number of carboxylic acid groups (broad SMARTS) is 1. The Morgan fingerprint density at radius 2 is 1.98 bits per heavy atom. The lowest BCUT2D eigenvalue weighted by molar-refractivity contribution is -0.144. The average molecular weight is 562 g/mol. The number of rotatable bonds is 14. The van der Waals surface area contributed by atoms with Gasteiger partial charge in [-0.25, -0.2) is 4.79 Å². The van der Waals surface area contributed by atoms with Crippen molar-refractivity contribution in [3.63, 3.8) is 0 Å². The molecule has 3 amide bonds. The van der Waals surface area contributed by atoms with E-state index in [2.05, 4.69) is 6.92 Å². The van der Waals surface area contributed by atoms with Crippen molar-refractivity contribution < 1.29 is 33.7 Å². The van der Waals surface area contributed by atoms with Crippen LogP contribution in [0.5, 0.6) is 17.2 Å². The highest BCUT2D eigenvalue weighted by atomic mass is 16.7. The van der Waals surface area contributed by atoms with Crippen LogP contribution >= 0.6 is 0 Å². The molecule has 3 heterocycles. The molecule has 3 unspecified atom stereocenters. The molecule has 0 bridgehead atoms. The second-order valence-corrected chi connectivity index (χ2v) is 10.8. The summed E-state index contributed by atoms with van der Waals surface area (Å²) in [7, 11) is 3.30. The van der Waals surface area contributed by atoms with E-state index in [-0.39, 0.29) is 25.3 Å². The number of unbranched alkanes of at least 4 members (excludes halogenated alkanes) is 1. The normalized spacial score (nSPS) is 22.3.